The van der Waals surface area contributed by atoms with Crippen LogP contribution in [0, 0.1) is 5.82 Å². The smallest absolute Gasteiger partial charge is 0.123 e. The van der Waals surface area contributed by atoms with Crippen molar-refractivity contribution in [1.82, 2.24) is 0 Å². The van der Waals surface area contributed by atoms with Gasteiger partial charge in [0.15, 0.2) is 0 Å². The summed E-state index contributed by atoms with van der Waals surface area (Å²) in [5, 5.41) is 0. The van der Waals surface area contributed by atoms with Crippen LogP contribution in [-0.4, -0.2) is 13.6 Å². The largest absolute Gasteiger partial charge is 0.375 e. The van der Waals surface area contributed by atoms with Crippen LogP contribution in [0.2, 0.25) is 0 Å². The quantitative estimate of drug-likeness (QED) is 0.706. The first-order chi connectivity index (χ1) is 7.24. The van der Waals surface area contributed by atoms with Crippen LogP contribution in [0.3, 0.4) is 0 Å². The molecule has 0 fully saturated rings. The average Bonchev–Trinajstić information content (AvgIpc) is 2.34. The van der Waals surface area contributed by atoms with Gasteiger partial charge in [-0.25, -0.2) is 4.39 Å². The highest BCUT2D eigenvalue weighted by Crippen LogP contribution is 2.11. The Morgan fingerprint density at radius 3 is 1.73 bits per heavy atom. The van der Waals surface area contributed by atoms with E-state index in [-0.39, 0.29) is 5.82 Å². The minimum Gasteiger partial charge on any atom is -0.375 e. The number of hydrogen-bond donors (Lipinski definition) is 0. The summed E-state index contributed by atoms with van der Waals surface area (Å²) in [5.74, 6) is -0.182. The maximum atomic E-state index is 12.4. The normalized spacial score (nSPS) is 7.93. The molecule has 1 aromatic rings. The van der Waals surface area contributed by atoms with E-state index < -0.39 is 0 Å². The summed E-state index contributed by atoms with van der Waals surface area (Å²) < 4.78 is 12.4. The molecular formula is C13H24FN. The number of nitrogens with zero attached hydrogens (tertiary/aromatic N) is 1. The molecule has 15 heavy (non-hydrogen) atoms. The summed E-state index contributed by atoms with van der Waals surface area (Å²) in [5.41, 5.74) is 1.05. The Morgan fingerprint density at radius 2 is 1.40 bits per heavy atom. The van der Waals surface area contributed by atoms with Gasteiger partial charge in [0.1, 0.15) is 5.82 Å². The minimum absolute atomic E-state index is 0.182. The Morgan fingerprint density at radius 1 is 1.00 bits per heavy atom. The highest BCUT2D eigenvalue weighted by Gasteiger charge is 1.96. The zero-order valence-electron chi connectivity index (χ0n) is 10.8. The standard InChI is InChI=1S/C9H12FN.2C2H6/c1-3-11(2)9-6-4-8(10)5-7-9;2*1-2/h4-7H,3H2,1-2H3;2*1-2H3. The molecule has 0 radical (unpaired) electrons. The van der Waals surface area contributed by atoms with Crippen LogP contribution in [0.4, 0.5) is 10.1 Å². The Hall–Kier alpha value is -1.05. The van der Waals surface area contributed by atoms with Gasteiger partial charge in [-0.2, -0.15) is 0 Å². The number of hydrogen-bond acceptors (Lipinski definition) is 1. The topological polar surface area (TPSA) is 3.24 Å². The van der Waals surface area contributed by atoms with Crippen molar-refractivity contribution in [2.75, 3.05) is 18.5 Å². The molecule has 0 unspecified atom stereocenters. The van der Waals surface area contributed by atoms with Gasteiger partial charge in [0.2, 0.25) is 0 Å². The van der Waals surface area contributed by atoms with Crippen molar-refractivity contribution in [3.05, 3.63) is 30.1 Å². The number of anilines is 1. The molecule has 0 aliphatic heterocycles. The number of halogens is 1. The predicted molar refractivity (Wildman–Crippen MR) is 68.0 cm³/mol. The highest BCUT2D eigenvalue weighted by atomic mass is 19.1. The maximum absolute atomic E-state index is 12.4. The third kappa shape index (κ3) is 6.95. The Bertz CT molecular complexity index is 218. The van der Waals surface area contributed by atoms with Gasteiger partial charge in [0, 0.05) is 19.3 Å². The molecule has 0 spiro atoms. The molecule has 2 heteroatoms. The van der Waals surface area contributed by atoms with Crippen molar-refractivity contribution < 1.29 is 4.39 Å². The summed E-state index contributed by atoms with van der Waals surface area (Å²) in [4.78, 5) is 2.06. The van der Waals surface area contributed by atoms with Crippen LogP contribution in [0.1, 0.15) is 34.6 Å². The first-order valence-electron chi connectivity index (χ1n) is 5.70. The molecule has 88 valence electrons. The molecule has 0 saturated heterocycles. The Balaban J connectivity index is 0. The van der Waals surface area contributed by atoms with E-state index in [0.29, 0.717) is 0 Å². The second-order valence-corrected chi connectivity index (χ2v) is 2.49. The van der Waals surface area contributed by atoms with E-state index in [0.717, 1.165) is 12.2 Å². The van der Waals surface area contributed by atoms with Crippen LogP contribution >= 0.6 is 0 Å². The van der Waals surface area contributed by atoms with Crippen molar-refractivity contribution in [2.45, 2.75) is 34.6 Å². The van der Waals surface area contributed by atoms with E-state index in [4.69, 9.17) is 0 Å². The fourth-order valence-corrected chi connectivity index (χ4v) is 0.878. The average molecular weight is 213 g/mol. The molecular weight excluding hydrogens is 189 g/mol. The van der Waals surface area contributed by atoms with Crippen molar-refractivity contribution in [3.63, 3.8) is 0 Å². The van der Waals surface area contributed by atoms with Gasteiger partial charge < -0.3 is 4.90 Å². The summed E-state index contributed by atoms with van der Waals surface area (Å²) in [6, 6.07) is 6.50. The SMILES string of the molecule is CC.CC.CCN(C)c1ccc(F)cc1. The maximum Gasteiger partial charge on any atom is 0.123 e. The van der Waals surface area contributed by atoms with Gasteiger partial charge in [0.05, 0.1) is 0 Å². The molecule has 0 bridgehead atoms. The van der Waals surface area contributed by atoms with E-state index in [1.54, 1.807) is 12.1 Å². The summed E-state index contributed by atoms with van der Waals surface area (Å²) >= 11 is 0. The van der Waals surface area contributed by atoms with Crippen LogP contribution in [-0.2, 0) is 0 Å². The lowest BCUT2D eigenvalue weighted by atomic mass is 10.3. The molecule has 1 nitrogen and oxygen atoms in total. The molecule has 0 aromatic heterocycles. The van der Waals surface area contributed by atoms with Crippen molar-refractivity contribution in [1.29, 1.82) is 0 Å². The lowest BCUT2D eigenvalue weighted by molar-refractivity contribution is 0.627. The van der Waals surface area contributed by atoms with Crippen molar-refractivity contribution in [2.24, 2.45) is 0 Å². The second kappa shape index (κ2) is 11.0. The summed E-state index contributed by atoms with van der Waals surface area (Å²) in [7, 11) is 1.98. The first kappa shape index (κ1) is 16.4. The van der Waals surface area contributed by atoms with E-state index in [2.05, 4.69) is 11.8 Å². The van der Waals surface area contributed by atoms with Gasteiger partial charge in [-0.15, -0.1) is 0 Å². The fraction of sp³-hybridized carbons (Fsp3) is 0.538. The van der Waals surface area contributed by atoms with Gasteiger partial charge in [-0.3, -0.25) is 0 Å². The molecule has 0 heterocycles. The molecule has 0 aliphatic carbocycles. The third-order valence-electron chi connectivity index (χ3n) is 1.74. The number of rotatable bonds is 2. The highest BCUT2D eigenvalue weighted by molar-refractivity contribution is 5.44. The van der Waals surface area contributed by atoms with Crippen LogP contribution in [0.5, 0.6) is 0 Å². The minimum atomic E-state index is -0.182. The monoisotopic (exact) mass is 213 g/mol. The molecule has 0 aliphatic rings. The third-order valence-corrected chi connectivity index (χ3v) is 1.74. The lowest BCUT2D eigenvalue weighted by Crippen LogP contribution is -2.15. The Labute approximate surface area is 93.9 Å². The van der Waals surface area contributed by atoms with Crippen LogP contribution < -0.4 is 4.90 Å². The second-order valence-electron chi connectivity index (χ2n) is 2.49. The Kier molecular flexibility index (Phi) is 12.0. The van der Waals surface area contributed by atoms with E-state index in [1.165, 1.54) is 12.1 Å². The van der Waals surface area contributed by atoms with Gasteiger partial charge in [0.25, 0.3) is 0 Å². The fourth-order valence-electron chi connectivity index (χ4n) is 0.878. The molecule has 1 rings (SSSR count). The van der Waals surface area contributed by atoms with Crippen molar-refractivity contribution in [3.8, 4) is 0 Å². The van der Waals surface area contributed by atoms with Crippen LogP contribution in [0.15, 0.2) is 24.3 Å². The molecule has 1 aromatic carbocycles. The zero-order chi connectivity index (χ0) is 12.3. The molecule has 0 amide bonds. The van der Waals surface area contributed by atoms with E-state index >= 15 is 0 Å². The lowest BCUT2D eigenvalue weighted by Gasteiger charge is -2.15. The first-order valence-corrected chi connectivity index (χ1v) is 5.70. The molecule has 0 saturated carbocycles. The van der Waals surface area contributed by atoms with Crippen molar-refractivity contribution >= 4 is 5.69 Å². The van der Waals surface area contributed by atoms with Gasteiger partial charge in [-0.1, -0.05) is 27.7 Å². The zero-order valence-corrected chi connectivity index (χ0v) is 10.8. The van der Waals surface area contributed by atoms with Crippen LogP contribution in [0.25, 0.3) is 0 Å². The molecule has 0 atom stereocenters. The predicted octanol–water partition coefficient (Wildman–Crippen LogP) is 4.33. The summed E-state index contributed by atoms with van der Waals surface area (Å²) in [6.07, 6.45) is 0. The number of benzene rings is 1. The van der Waals surface area contributed by atoms with Gasteiger partial charge >= 0.3 is 0 Å². The molecule has 0 N–H and O–H groups in total. The van der Waals surface area contributed by atoms with Gasteiger partial charge in [-0.05, 0) is 31.2 Å². The summed E-state index contributed by atoms with van der Waals surface area (Å²) in [6.45, 7) is 11.0. The van der Waals surface area contributed by atoms with E-state index in [1.807, 2.05) is 34.7 Å². The van der Waals surface area contributed by atoms with E-state index in [9.17, 15) is 4.39 Å².